The molecule has 2 N–H and O–H groups in total. The first-order valence-corrected chi connectivity index (χ1v) is 6.73. The Hall–Kier alpha value is -1.88. The van der Waals surface area contributed by atoms with E-state index in [0.29, 0.717) is 13.0 Å². The summed E-state index contributed by atoms with van der Waals surface area (Å²) >= 11 is 0. The van der Waals surface area contributed by atoms with Gasteiger partial charge >= 0.3 is 5.97 Å². The molecule has 108 valence electrons. The number of carboxylic acid groups (broad SMARTS) is 1. The first kappa shape index (κ1) is 14.5. The number of carbonyl (C=O) groups excluding carboxylic acids is 1. The summed E-state index contributed by atoms with van der Waals surface area (Å²) in [6.07, 6.45) is 3.26. The number of aromatic carboxylic acids is 1. The number of ether oxygens (including phenoxy) is 1. The monoisotopic (exact) mass is 277 g/mol. The number of hydrogen-bond acceptors (Lipinski definition) is 3. The lowest BCUT2D eigenvalue weighted by Crippen LogP contribution is -2.53. The zero-order valence-corrected chi connectivity index (χ0v) is 11.5. The Labute approximate surface area is 117 Å². The Bertz CT molecular complexity index is 486. The number of benzene rings is 1. The minimum Gasteiger partial charge on any atom is -0.478 e. The van der Waals surface area contributed by atoms with Gasteiger partial charge in [-0.15, -0.1) is 0 Å². The molecule has 2 rings (SSSR count). The van der Waals surface area contributed by atoms with Crippen LogP contribution in [0.2, 0.25) is 0 Å². The van der Waals surface area contributed by atoms with Crippen molar-refractivity contribution >= 4 is 11.9 Å². The van der Waals surface area contributed by atoms with Crippen molar-refractivity contribution in [3.05, 3.63) is 35.4 Å². The number of carboxylic acids is 1. The van der Waals surface area contributed by atoms with Gasteiger partial charge in [0, 0.05) is 13.7 Å². The van der Waals surface area contributed by atoms with Gasteiger partial charge in [-0.2, -0.15) is 0 Å². The molecule has 0 aliphatic heterocycles. The van der Waals surface area contributed by atoms with E-state index >= 15 is 0 Å². The molecule has 1 aromatic carbocycles. The van der Waals surface area contributed by atoms with Crippen LogP contribution in [-0.4, -0.2) is 36.2 Å². The molecule has 0 spiro atoms. The van der Waals surface area contributed by atoms with Crippen molar-refractivity contribution in [2.45, 2.75) is 31.3 Å². The fourth-order valence-corrected chi connectivity index (χ4v) is 2.32. The minimum atomic E-state index is -0.933. The summed E-state index contributed by atoms with van der Waals surface area (Å²) in [6.45, 7) is 0.524. The van der Waals surface area contributed by atoms with Crippen LogP contribution in [-0.2, 0) is 16.0 Å². The average molecular weight is 277 g/mol. The van der Waals surface area contributed by atoms with Gasteiger partial charge in [-0.05, 0) is 43.4 Å². The maximum atomic E-state index is 12.0. The molecule has 5 nitrogen and oxygen atoms in total. The maximum Gasteiger partial charge on any atom is 0.335 e. The highest BCUT2D eigenvalue weighted by atomic mass is 16.5. The second kappa shape index (κ2) is 6.05. The highest BCUT2D eigenvalue weighted by molar-refractivity contribution is 5.87. The van der Waals surface area contributed by atoms with E-state index in [0.717, 1.165) is 24.8 Å². The van der Waals surface area contributed by atoms with E-state index < -0.39 is 11.6 Å². The van der Waals surface area contributed by atoms with Gasteiger partial charge in [0.05, 0.1) is 5.56 Å². The smallest absolute Gasteiger partial charge is 0.335 e. The third-order valence-corrected chi connectivity index (χ3v) is 3.87. The molecule has 1 fully saturated rings. The normalized spacial score (nSPS) is 16.2. The SMILES string of the molecule is COC1(C(=O)NCCc2ccc(C(=O)O)cc2)CCC1. The van der Waals surface area contributed by atoms with Crippen molar-refractivity contribution in [1.29, 1.82) is 0 Å². The second-order valence-corrected chi connectivity index (χ2v) is 5.06. The lowest BCUT2D eigenvalue weighted by atomic mass is 9.79. The highest BCUT2D eigenvalue weighted by Crippen LogP contribution is 2.35. The molecule has 1 aromatic rings. The quantitative estimate of drug-likeness (QED) is 0.828. The van der Waals surface area contributed by atoms with E-state index in [1.54, 1.807) is 31.4 Å². The van der Waals surface area contributed by atoms with Crippen LogP contribution < -0.4 is 5.32 Å². The summed E-state index contributed by atoms with van der Waals surface area (Å²) in [5, 5.41) is 11.7. The largest absolute Gasteiger partial charge is 0.478 e. The molecule has 0 heterocycles. The average Bonchev–Trinajstić information content (AvgIpc) is 2.38. The van der Waals surface area contributed by atoms with Gasteiger partial charge < -0.3 is 15.2 Å². The van der Waals surface area contributed by atoms with Gasteiger partial charge in [-0.3, -0.25) is 4.79 Å². The van der Waals surface area contributed by atoms with E-state index in [2.05, 4.69) is 5.32 Å². The number of carbonyl (C=O) groups is 2. The van der Waals surface area contributed by atoms with Crippen LogP contribution in [0.1, 0.15) is 35.2 Å². The van der Waals surface area contributed by atoms with Crippen LogP contribution in [0, 0.1) is 0 Å². The summed E-state index contributed by atoms with van der Waals surface area (Å²) in [5.74, 6) is -0.981. The van der Waals surface area contributed by atoms with Crippen molar-refractivity contribution in [1.82, 2.24) is 5.32 Å². The number of methoxy groups -OCH3 is 1. The lowest BCUT2D eigenvalue weighted by Gasteiger charge is -2.38. The van der Waals surface area contributed by atoms with Crippen LogP contribution in [0.3, 0.4) is 0 Å². The molecule has 1 aliphatic carbocycles. The summed E-state index contributed by atoms with van der Waals surface area (Å²) in [5.41, 5.74) is 0.647. The molecule has 5 heteroatoms. The predicted molar refractivity (Wildman–Crippen MR) is 73.7 cm³/mol. The van der Waals surface area contributed by atoms with E-state index in [-0.39, 0.29) is 11.5 Å². The molecule has 0 unspecified atom stereocenters. The van der Waals surface area contributed by atoms with E-state index in [1.165, 1.54) is 0 Å². The summed E-state index contributed by atoms with van der Waals surface area (Å²) in [6, 6.07) is 6.68. The number of rotatable bonds is 6. The minimum absolute atomic E-state index is 0.0478. The standard InChI is InChI=1S/C15H19NO4/c1-20-15(8-2-9-15)14(19)16-10-7-11-3-5-12(6-4-11)13(17)18/h3-6H,2,7-10H2,1H3,(H,16,19)(H,17,18). The second-order valence-electron chi connectivity index (χ2n) is 5.06. The zero-order chi connectivity index (χ0) is 14.6. The highest BCUT2D eigenvalue weighted by Gasteiger charge is 2.44. The molecule has 0 aromatic heterocycles. The van der Waals surface area contributed by atoms with Crippen molar-refractivity contribution in [2.75, 3.05) is 13.7 Å². The molecule has 1 amide bonds. The van der Waals surface area contributed by atoms with Crippen molar-refractivity contribution in [2.24, 2.45) is 0 Å². The molecule has 20 heavy (non-hydrogen) atoms. The van der Waals surface area contributed by atoms with Crippen LogP contribution in [0.4, 0.5) is 0 Å². The number of hydrogen-bond donors (Lipinski definition) is 2. The van der Waals surface area contributed by atoms with Crippen molar-refractivity contribution < 1.29 is 19.4 Å². The van der Waals surface area contributed by atoms with Gasteiger partial charge in [0.25, 0.3) is 5.91 Å². The molecule has 1 aliphatic rings. The third kappa shape index (κ3) is 2.99. The van der Waals surface area contributed by atoms with Crippen molar-refractivity contribution in [3.63, 3.8) is 0 Å². The third-order valence-electron chi connectivity index (χ3n) is 3.87. The van der Waals surface area contributed by atoms with Gasteiger partial charge in [0.15, 0.2) is 0 Å². The number of nitrogens with one attached hydrogen (secondary N) is 1. The fourth-order valence-electron chi connectivity index (χ4n) is 2.32. The zero-order valence-electron chi connectivity index (χ0n) is 11.5. The van der Waals surface area contributed by atoms with E-state index in [4.69, 9.17) is 9.84 Å². The Morgan fingerprint density at radius 2 is 1.95 bits per heavy atom. The van der Waals surface area contributed by atoms with Crippen LogP contribution in [0.15, 0.2) is 24.3 Å². The molecule has 0 atom stereocenters. The Kier molecular flexibility index (Phi) is 4.39. The molecule has 0 radical (unpaired) electrons. The Morgan fingerprint density at radius 1 is 1.30 bits per heavy atom. The van der Waals surface area contributed by atoms with Gasteiger partial charge in [-0.1, -0.05) is 12.1 Å². The predicted octanol–water partition coefficient (Wildman–Crippen LogP) is 1.61. The molecule has 1 saturated carbocycles. The van der Waals surface area contributed by atoms with Crippen LogP contribution in [0.25, 0.3) is 0 Å². The van der Waals surface area contributed by atoms with E-state index in [9.17, 15) is 9.59 Å². The van der Waals surface area contributed by atoms with Crippen LogP contribution in [0.5, 0.6) is 0 Å². The fraction of sp³-hybridized carbons (Fsp3) is 0.467. The molecular formula is C15H19NO4. The Morgan fingerprint density at radius 3 is 2.40 bits per heavy atom. The first-order valence-electron chi connectivity index (χ1n) is 6.73. The first-order chi connectivity index (χ1) is 9.57. The lowest BCUT2D eigenvalue weighted by molar-refractivity contribution is -0.154. The maximum absolute atomic E-state index is 12.0. The van der Waals surface area contributed by atoms with Crippen molar-refractivity contribution in [3.8, 4) is 0 Å². The topological polar surface area (TPSA) is 75.6 Å². The summed E-state index contributed by atoms with van der Waals surface area (Å²) in [7, 11) is 1.57. The summed E-state index contributed by atoms with van der Waals surface area (Å²) < 4.78 is 5.30. The van der Waals surface area contributed by atoms with Crippen LogP contribution >= 0.6 is 0 Å². The molecule has 0 saturated heterocycles. The van der Waals surface area contributed by atoms with Gasteiger partial charge in [0.2, 0.25) is 0 Å². The van der Waals surface area contributed by atoms with E-state index in [1.807, 2.05) is 0 Å². The van der Waals surface area contributed by atoms with Gasteiger partial charge in [-0.25, -0.2) is 4.79 Å². The molecular weight excluding hydrogens is 258 g/mol. The molecule has 0 bridgehead atoms. The number of amides is 1. The van der Waals surface area contributed by atoms with Gasteiger partial charge in [0.1, 0.15) is 5.60 Å². The summed E-state index contributed by atoms with van der Waals surface area (Å²) in [4.78, 5) is 22.7. The Balaban J connectivity index is 1.81.